The summed E-state index contributed by atoms with van der Waals surface area (Å²) in [5.41, 5.74) is 0.662. The number of aliphatic hydroxyl groups is 1. The summed E-state index contributed by atoms with van der Waals surface area (Å²) < 4.78 is 16.7. The van der Waals surface area contributed by atoms with Gasteiger partial charge in [0.2, 0.25) is 5.89 Å². The lowest BCUT2D eigenvalue weighted by Gasteiger charge is -1.94. The van der Waals surface area contributed by atoms with Gasteiger partial charge in [-0.1, -0.05) is 6.07 Å². The predicted octanol–water partition coefficient (Wildman–Crippen LogP) is 1.64. The van der Waals surface area contributed by atoms with Crippen molar-refractivity contribution in [2.24, 2.45) is 0 Å². The summed E-state index contributed by atoms with van der Waals surface area (Å²) in [4.78, 5) is 5.20. The van der Waals surface area contributed by atoms with Crippen LogP contribution in [-0.2, 0) is 16.6 Å². The zero-order chi connectivity index (χ0) is 11.4. The first kappa shape index (κ1) is 11.5. The Balaban J connectivity index is 2.06. The molecule has 0 aromatic carbocycles. The molecule has 0 saturated heterocycles. The molecule has 0 amide bonds. The van der Waals surface area contributed by atoms with Gasteiger partial charge in [0.05, 0.1) is 22.9 Å². The number of aliphatic hydroxyl groups excluding tert-OH is 1. The van der Waals surface area contributed by atoms with E-state index < -0.39 is 10.8 Å². The molecule has 0 aliphatic carbocycles. The zero-order valence-corrected chi connectivity index (χ0v) is 10.1. The van der Waals surface area contributed by atoms with Gasteiger partial charge in [0, 0.05) is 16.6 Å². The number of aromatic nitrogens is 1. The minimum Gasteiger partial charge on any atom is -0.444 e. The Morgan fingerprint density at radius 2 is 2.44 bits per heavy atom. The normalized spacial score (nSPS) is 12.8. The van der Waals surface area contributed by atoms with E-state index in [1.807, 2.05) is 17.5 Å². The van der Waals surface area contributed by atoms with Gasteiger partial charge in [-0.2, -0.15) is 0 Å². The number of hydrogen-bond acceptors (Lipinski definition) is 5. The van der Waals surface area contributed by atoms with E-state index in [1.165, 1.54) is 6.26 Å². The average Bonchev–Trinajstić information content (AvgIpc) is 2.86. The van der Waals surface area contributed by atoms with Crippen LogP contribution in [0.2, 0.25) is 0 Å². The Kier molecular flexibility index (Phi) is 3.87. The number of hydrogen-bond donors (Lipinski definition) is 1. The second-order valence-electron chi connectivity index (χ2n) is 3.13. The van der Waals surface area contributed by atoms with Gasteiger partial charge in [0.25, 0.3) is 0 Å². The summed E-state index contributed by atoms with van der Waals surface area (Å²) in [7, 11) is -1.07. The molecule has 2 aromatic heterocycles. The lowest BCUT2D eigenvalue weighted by atomic mass is 10.5. The molecule has 1 unspecified atom stereocenters. The van der Waals surface area contributed by atoms with Crippen LogP contribution in [0.5, 0.6) is 0 Å². The molecular weight excluding hydrogens is 246 g/mol. The summed E-state index contributed by atoms with van der Waals surface area (Å²) >= 11 is 1.55. The third kappa shape index (κ3) is 2.78. The minimum absolute atomic E-state index is 0.0672. The van der Waals surface area contributed by atoms with E-state index in [0.717, 1.165) is 4.88 Å². The molecule has 6 heteroatoms. The van der Waals surface area contributed by atoms with E-state index in [1.54, 1.807) is 11.3 Å². The first-order valence-electron chi connectivity index (χ1n) is 4.73. The Morgan fingerprint density at radius 3 is 3.12 bits per heavy atom. The van der Waals surface area contributed by atoms with Gasteiger partial charge < -0.3 is 9.52 Å². The van der Waals surface area contributed by atoms with Gasteiger partial charge in [-0.05, 0) is 11.4 Å². The Bertz CT molecular complexity index is 464. The topological polar surface area (TPSA) is 63.3 Å². The largest absolute Gasteiger partial charge is 0.444 e. The number of nitrogens with zero attached hydrogens (tertiary/aromatic N) is 1. The molecule has 2 rings (SSSR count). The van der Waals surface area contributed by atoms with Crippen LogP contribution in [-0.4, -0.2) is 26.7 Å². The van der Waals surface area contributed by atoms with E-state index in [4.69, 9.17) is 9.52 Å². The molecule has 4 nitrogen and oxygen atoms in total. The summed E-state index contributed by atoms with van der Waals surface area (Å²) in [5.74, 6) is 1.17. The molecule has 86 valence electrons. The van der Waals surface area contributed by atoms with Crippen molar-refractivity contribution in [3.8, 4) is 10.8 Å². The molecule has 0 aliphatic rings. The van der Waals surface area contributed by atoms with E-state index >= 15 is 0 Å². The SMILES string of the molecule is O=S(CCO)Cc1coc(-c2cccs2)n1. The van der Waals surface area contributed by atoms with Crippen molar-refractivity contribution in [2.75, 3.05) is 12.4 Å². The second kappa shape index (κ2) is 5.38. The third-order valence-electron chi connectivity index (χ3n) is 1.91. The van der Waals surface area contributed by atoms with E-state index in [2.05, 4.69) is 4.98 Å². The van der Waals surface area contributed by atoms with E-state index in [-0.39, 0.29) is 12.4 Å². The molecule has 0 fully saturated rings. The summed E-state index contributed by atoms with van der Waals surface area (Å²) in [6.45, 7) is -0.0672. The highest BCUT2D eigenvalue weighted by molar-refractivity contribution is 7.84. The molecule has 0 radical (unpaired) electrons. The van der Waals surface area contributed by atoms with Crippen LogP contribution in [0.4, 0.5) is 0 Å². The number of thiophene rings is 1. The molecule has 1 N–H and O–H groups in total. The Hall–Kier alpha value is -0.980. The molecule has 2 aromatic rings. The maximum atomic E-state index is 11.4. The fourth-order valence-electron chi connectivity index (χ4n) is 1.23. The van der Waals surface area contributed by atoms with Crippen LogP contribution < -0.4 is 0 Å². The van der Waals surface area contributed by atoms with Crippen molar-refractivity contribution >= 4 is 22.1 Å². The number of oxazole rings is 1. The van der Waals surface area contributed by atoms with Crippen molar-refractivity contribution in [1.29, 1.82) is 0 Å². The third-order valence-corrected chi connectivity index (χ3v) is 4.03. The molecule has 0 saturated carbocycles. The minimum atomic E-state index is -1.07. The summed E-state index contributed by atoms with van der Waals surface area (Å²) in [6, 6.07) is 3.85. The Morgan fingerprint density at radius 1 is 1.56 bits per heavy atom. The first-order valence-corrected chi connectivity index (χ1v) is 7.10. The lowest BCUT2D eigenvalue weighted by Crippen LogP contribution is -2.04. The molecule has 16 heavy (non-hydrogen) atoms. The van der Waals surface area contributed by atoms with Crippen molar-refractivity contribution in [3.05, 3.63) is 29.5 Å². The van der Waals surface area contributed by atoms with Crippen LogP contribution in [0.1, 0.15) is 5.69 Å². The highest BCUT2D eigenvalue weighted by Crippen LogP contribution is 2.23. The molecule has 0 aliphatic heterocycles. The zero-order valence-electron chi connectivity index (χ0n) is 8.46. The van der Waals surface area contributed by atoms with Crippen LogP contribution in [0.25, 0.3) is 10.8 Å². The fourth-order valence-corrected chi connectivity index (χ4v) is 2.69. The molecule has 1 atom stereocenters. The highest BCUT2D eigenvalue weighted by atomic mass is 32.2. The van der Waals surface area contributed by atoms with Gasteiger partial charge in [0.1, 0.15) is 6.26 Å². The van der Waals surface area contributed by atoms with Crippen molar-refractivity contribution < 1.29 is 13.7 Å². The predicted molar refractivity (Wildman–Crippen MR) is 63.6 cm³/mol. The molecule has 0 bridgehead atoms. The van der Waals surface area contributed by atoms with Gasteiger partial charge >= 0.3 is 0 Å². The highest BCUT2D eigenvalue weighted by Gasteiger charge is 2.09. The van der Waals surface area contributed by atoms with E-state index in [9.17, 15) is 4.21 Å². The summed E-state index contributed by atoms with van der Waals surface area (Å²) in [5, 5.41) is 10.6. The van der Waals surface area contributed by atoms with Crippen molar-refractivity contribution in [3.63, 3.8) is 0 Å². The quantitative estimate of drug-likeness (QED) is 0.884. The van der Waals surface area contributed by atoms with Crippen LogP contribution in [0.3, 0.4) is 0 Å². The molecule has 2 heterocycles. The van der Waals surface area contributed by atoms with Gasteiger partial charge in [0.15, 0.2) is 0 Å². The Labute approximate surface area is 99.4 Å². The lowest BCUT2D eigenvalue weighted by molar-refractivity contribution is 0.321. The van der Waals surface area contributed by atoms with Gasteiger partial charge in [-0.25, -0.2) is 4.98 Å². The fraction of sp³-hybridized carbons (Fsp3) is 0.300. The second-order valence-corrected chi connectivity index (χ2v) is 5.66. The van der Waals surface area contributed by atoms with Gasteiger partial charge in [-0.3, -0.25) is 4.21 Å². The maximum Gasteiger partial charge on any atom is 0.236 e. The van der Waals surface area contributed by atoms with Gasteiger partial charge in [-0.15, -0.1) is 11.3 Å². The van der Waals surface area contributed by atoms with Crippen LogP contribution in [0, 0.1) is 0 Å². The molecular formula is C10H11NO3S2. The van der Waals surface area contributed by atoms with E-state index in [0.29, 0.717) is 17.3 Å². The van der Waals surface area contributed by atoms with Crippen LogP contribution in [0.15, 0.2) is 28.2 Å². The number of rotatable bonds is 5. The maximum absolute atomic E-state index is 11.4. The standard InChI is InChI=1S/C10H11NO3S2/c12-3-5-16(13)7-8-6-14-10(11-8)9-2-1-4-15-9/h1-2,4,6,12H,3,5,7H2. The smallest absolute Gasteiger partial charge is 0.236 e. The summed E-state index contributed by atoms with van der Waals surface area (Å²) in [6.07, 6.45) is 1.52. The monoisotopic (exact) mass is 257 g/mol. The first-order chi connectivity index (χ1) is 7.79. The van der Waals surface area contributed by atoms with Crippen molar-refractivity contribution in [1.82, 2.24) is 4.98 Å². The van der Waals surface area contributed by atoms with Crippen molar-refractivity contribution in [2.45, 2.75) is 5.75 Å². The average molecular weight is 257 g/mol. The van der Waals surface area contributed by atoms with Crippen LogP contribution >= 0.6 is 11.3 Å². The molecule has 0 spiro atoms.